The Morgan fingerprint density at radius 3 is 2.87 bits per heavy atom. The average Bonchev–Trinajstić information content (AvgIpc) is 3.52. The molecular weight excluding hydrogens is 382 g/mol. The molecule has 30 heavy (non-hydrogen) atoms. The predicted molar refractivity (Wildman–Crippen MR) is 108 cm³/mol. The zero-order chi connectivity index (χ0) is 20.5. The molecule has 0 atom stereocenters. The topological polar surface area (TPSA) is 108 Å². The molecule has 5 heterocycles. The maximum Gasteiger partial charge on any atom is 0.253 e. The Hall–Kier alpha value is -4.34. The first-order valence-corrected chi connectivity index (χ1v) is 9.24. The van der Waals surface area contributed by atoms with E-state index in [1.54, 1.807) is 35.5 Å². The maximum absolute atomic E-state index is 12.8. The first-order valence-electron chi connectivity index (χ1n) is 9.24. The van der Waals surface area contributed by atoms with Crippen LogP contribution in [0.15, 0.2) is 67.6 Å². The number of nitrogens with one attached hydrogen (secondary N) is 1. The lowest BCUT2D eigenvalue weighted by atomic mass is 10.2. The van der Waals surface area contributed by atoms with Gasteiger partial charge < -0.3 is 9.88 Å². The van der Waals surface area contributed by atoms with Gasteiger partial charge in [0.05, 0.1) is 11.3 Å². The molecule has 0 saturated carbocycles. The van der Waals surface area contributed by atoms with Crippen molar-refractivity contribution in [3.63, 3.8) is 0 Å². The summed E-state index contributed by atoms with van der Waals surface area (Å²) in [6, 6.07) is 11.1. The van der Waals surface area contributed by atoms with Crippen LogP contribution in [0.4, 0.5) is 0 Å². The largest absolute Gasteiger partial charge is 0.348 e. The number of carbonyl (C=O) groups is 1. The Morgan fingerprint density at radius 2 is 2.07 bits per heavy atom. The van der Waals surface area contributed by atoms with Gasteiger partial charge in [-0.3, -0.25) is 9.20 Å². The van der Waals surface area contributed by atoms with Crippen LogP contribution in [0.1, 0.15) is 15.9 Å². The van der Waals surface area contributed by atoms with E-state index in [-0.39, 0.29) is 5.91 Å². The molecule has 1 amide bonds. The molecule has 5 aromatic rings. The standard InChI is InChI=1S/C20H17N9O/c1-27-9-3-5-16(27)19-26-25-17-7-6-15(11-28(17)19)20(30)23-10-14-4-2-8-22-18(14)29-13-21-12-24-29/h2-9,11-13H,10H2,1H3,(H,23,30). The van der Waals surface area contributed by atoms with E-state index in [4.69, 9.17) is 0 Å². The van der Waals surface area contributed by atoms with Gasteiger partial charge in [0.25, 0.3) is 5.91 Å². The van der Waals surface area contributed by atoms with Crippen LogP contribution >= 0.6 is 0 Å². The third-order valence-electron chi connectivity index (χ3n) is 4.78. The zero-order valence-corrected chi connectivity index (χ0v) is 16.0. The van der Waals surface area contributed by atoms with E-state index < -0.39 is 0 Å². The molecule has 0 fully saturated rings. The number of amides is 1. The SMILES string of the molecule is Cn1cccc1-c1nnc2ccc(C(=O)NCc3cccnc3-n3cncn3)cn12. The average molecular weight is 399 g/mol. The molecule has 0 aliphatic heterocycles. The van der Waals surface area contributed by atoms with E-state index in [0.29, 0.717) is 29.4 Å². The summed E-state index contributed by atoms with van der Waals surface area (Å²) in [5.41, 5.74) is 2.91. The third-order valence-corrected chi connectivity index (χ3v) is 4.78. The van der Waals surface area contributed by atoms with Gasteiger partial charge >= 0.3 is 0 Å². The van der Waals surface area contributed by atoms with Crippen molar-refractivity contribution in [2.45, 2.75) is 6.54 Å². The number of rotatable bonds is 5. The second-order valence-electron chi connectivity index (χ2n) is 6.68. The van der Waals surface area contributed by atoms with Gasteiger partial charge in [0.1, 0.15) is 12.7 Å². The number of nitrogens with zero attached hydrogens (tertiary/aromatic N) is 8. The van der Waals surface area contributed by atoms with Crippen molar-refractivity contribution >= 4 is 11.6 Å². The van der Waals surface area contributed by atoms with Crippen molar-refractivity contribution in [3.05, 3.63) is 78.8 Å². The molecule has 0 saturated heterocycles. The van der Waals surface area contributed by atoms with Gasteiger partial charge in [0.2, 0.25) is 0 Å². The molecule has 10 nitrogen and oxygen atoms in total. The lowest BCUT2D eigenvalue weighted by Crippen LogP contribution is -2.24. The molecule has 1 N–H and O–H groups in total. The highest BCUT2D eigenvalue weighted by atomic mass is 16.1. The van der Waals surface area contributed by atoms with E-state index in [2.05, 4.69) is 30.6 Å². The van der Waals surface area contributed by atoms with Crippen LogP contribution in [0.5, 0.6) is 0 Å². The number of fused-ring (bicyclic) bond motifs is 1. The Labute approximate surface area is 170 Å². The summed E-state index contributed by atoms with van der Waals surface area (Å²) in [6.07, 6.45) is 8.37. The van der Waals surface area contributed by atoms with E-state index in [0.717, 1.165) is 11.3 Å². The zero-order valence-electron chi connectivity index (χ0n) is 16.0. The van der Waals surface area contributed by atoms with Gasteiger partial charge in [-0.1, -0.05) is 6.07 Å². The lowest BCUT2D eigenvalue weighted by molar-refractivity contribution is 0.0950. The van der Waals surface area contributed by atoms with Gasteiger partial charge in [0.15, 0.2) is 17.3 Å². The first kappa shape index (κ1) is 17.7. The highest BCUT2D eigenvalue weighted by Gasteiger charge is 2.14. The highest BCUT2D eigenvalue weighted by molar-refractivity contribution is 5.94. The number of hydrogen-bond donors (Lipinski definition) is 1. The normalized spacial score (nSPS) is 11.1. The second-order valence-corrected chi connectivity index (χ2v) is 6.68. The van der Waals surface area contributed by atoms with Gasteiger partial charge in [-0.05, 0) is 30.3 Å². The summed E-state index contributed by atoms with van der Waals surface area (Å²) in [5, 5.41) is 15.5. The number of aromatic nitrogens is 8. The molecule has 0 aromatic carbocycles. The van der Waals surface area contributed by atoms with Crippen molar-refractivity contribution in [1.29, 1.82) is 0 Å². The third kappa shape index (κ3) is 3.09. The van der Waals surface area contributed by atoms with Crippen LogP contribution in [0, 0.1) is 0 Å². The summed E-state index contributed by atoms with van der Waals surface area (Å²) in [7, 11) is 1.94. The van der Waals surface area contributed by atoms with Gasteiger partial charge in [-0.15, -0.1) is 10.2 Å². The van der Waals surface area contributed by atoms with Crippen molar-refractivity contribution in [3.8, 4) is 17.3 Å². The fraction of sp³-hybridized carbons (Fsp3) is 0.100. The van der Waals surface area contributed by atoms with Crippen LogP contribution in [0.2, 0.25) is 0 Å². The Balaban J connectivity index is 1.41. The van der Waals surface area contributed by atoms with Crippen molar-refractivity contribution in [2.24, 2.45) is 7.05 Å². The Bertz CT molecular complexity index is 1330. The molecule has 148 valence electrons. The molecule has 5 aromatic heterocycles. The summed E-state index contributed by atoms with van der Waals surface area (Å²) >= 11 is 0. The molecular formula is C20H17N9O. The summed E-state index contributed by atoms with van der Waals surface area (Å²) in [4.78, 5) is 21.1. The van der Waals surface area contributed by atoms with Crippen molar-refractivity contribution < 1.29 is 4.79 Å². The van der Waals surface area contributed by atoms with Gasteiger partial charge in [-0.25, -0.2) is 14.6 Å². The molecule has 0 spiro atoms. The fourth-order valence-electron chi connectivity index (χ4n) is 3.26. The second kappa shape index (κ2) is 7.24. The summed E-state index contributed by atoms with van der Waals surface area (Å²) in [6.45, 7) is 0.298. The molecule has 0 bridgehead atoms. The highest BCUT2D eigenvalue weighted by Crippen LogP contribution is 2.19. The lowest BCUT2D eigenvalue weighted by Gasteiger charge is -2.10. The van der Waals surface area contributed by atoms with Crippen LogP contribution < -0.4 is 5.32 Å². The van der Waals surface area contributed by atoms with Crippen LogP contribution in [-0.4, -0.2) is 44.8 Å². The van der Waals surface area contributed by atoms with E-state index >= 15 is 0 Å². The quantitative estimate of drug-likeness (QED) is 0.481. The minimum Gasteiger partial charge on any atom is -0.348 e. The molecule has 0 radical (unpaired) electrons. The minimum atomic E-state index is -0.211. The van der Waals surface area contributed by atoms with Gasteiger partial charge in [-0.2, -0.15) is 5.10 Å². The van der Waals surface area contributed by atoms with Crippen LogP contribution in [-0.2, 0) is 13.6 Å². The molecule has 0 unspecified atom stereocenters. The number of carbonyl (C=O) groups excluding carboxylic acids is 1. The number of hydrogen-bond acceptors (Lipinski definition) is 6. The molecule has 10 heteroatoms. The number of aryl methyl sites for hydroxylation is 1. The predicted octanol–water partition coefficient (Wildman–Crippen LogP) is 1.64. The number of pyridine rings is 2. The monoisotopic (exact) mass is 399 g/mol. The molecule has 0 aliphatic rings. The fourth-order valence-corrected chi connectivity index (χ4v) is 3.26. The van der Waals surface area contributed by atoms with Crippen molar-refractivity contribution in [2.75, 3.05) is 0 Å². The minimum absolute atomic E-state index is 0.211. The van der Waals surface area contributed by atoms with E-state index in [1.165, 1.54) is 6.33 Å². The van der Waals surface area contributed by atoms with Crippen molar-refractivity contribution in [1.82, 2.24) is 44.2 Å². The summed E-state index contributed by atoms with van der Waals surface area (Å²) < 4.78 is 5.34. The van der Waals surface area contributed by atoms with Gasteiger partial charge in [0, 0.05) is 37.7 Å². The molecule has 0 aliphatic carbocycles. The summed E-state index contributed by atoms with van der Waals surface area (Å²) in [5.74, 6) is 1.08. The van der Waals surface area contributed by atoms with Crippen LogP contribution in [0.3, 0.4) is 0 Å². The smallest absolute Gasteiger partial charge is 0.253 e. The van der Waals surface area contributed by atoms with E-state index in [9.17, 15) is 4.79 Å². The molecule has 5 rings (SSSR count). The maximum atomic E-state index is 12.8. The van der Waals surface area contributed by atoms with Crippen LogP contribution in [0.25, 0.3) is 23.0 Å². The first-order chi connectivity index (χ1) is 14.7. The Kier molecular flexibility index (Phi) is 4.28. The Morgan fingerprint density at radius 1 is 1.13 bits per heavy atom. The van der Waals surface area contributed by atoms with E-state index in [1.807, 2.05) is 46.5 Å².